The predicted molar refractivity (Wildman–Crippen MR) is 83.7 cm³/mol. The Kier molecular flexibility index (Phi) is 6.85. The lowest BCUT2D eigenvalue weighted by atomic mass is 9.81. The SMILES string of the molecule is CC1CCC(CCNCC(=O)N2CCCCCC2)CC1. The highest BCUT2D eigenvalue weighted by atomic mass is 16.2. The summed E-state index contributed by atoms with van der Waals surface area (Å²) in [6.45, 7) is 5.87. The van der Waals surface area contributed by atoms with Gasteiger partial charge in [-0.3, -0.25) is 4.79 Å². The van der Waals surface area contributed by atoms with Crippen LogP contribution in [0.4, 0.5) is 0 Å². The quantitative estimate of drug-likeness (QED) is 0.784. The van der Waals surface area contributed by atoms with Gasteiger partial charge in [0.1, 0.15) is 0 Å². The smallest absolute Gasteiger partial charge is 0.236 e. The highest BCUT2D eigenvalue weighted by molar-refractivity contribution is 5.78. The minimum absolute atomic E-state index is 0.309. The van der Waals surface area contributed by atoms with Crippen molar-refractivity contribution in [2.24, 2.45) is 11.8 Å². The van der Waals surface area contributed by atoms with Crippen LogP contribution >= 0.6 is 0 Å². The molecule has 1 aliphatic heterocycles. The first kappa shape index (κ1) is 15.8. The number of hydrogen-bond acceptors (Lipinski definition) is 2. The Morgan fingerprint density at radius 1 is 1.05 bits per heavy atom. The minimum atomic E-state index is 0.309. The van der Waals surface area contributed by atoms with Gasteiger partial charge in [0.25, 0.3) is 0 Å². The first-order chi connectivity index (χ1) is 9.75. The normalized spacial score (nSPS) is 28.1. The summed E-state index contributed by atoms with van der Waals surface area (Å²) in [6.07, 6.45) is 11.8. The molecule has 0 bridgehead atoms. The van der Waals surface area contributed by atoms with Crippen molar-refractivity contribution in [3.63, 3.8) is 0 Å². The van der Waals surface area contributed by atoms with E-state index in [1.165, 1.54) is 57.8 Å². The molecule has 2 rings (SSSR count). The summed E-state index contributed by atoms with van der Waals surface area (Å²) in [5, 5.41) is 3.37. The van der Waals surface area contributed by atoms with Gasteiger partial charge in [0.05, 0.1) is 6.54 Å². The highest BCUT2D eigenvalue weighted by Crippen LogP contribution is 2.29. The zero-order valence-corrected chi connectivity index (χ0v) is 13.2. The maximum atomic E-state index is 12.1. The summed E-state index contributed by atoms with van der Waals surface area (Å²) < 4.78 is 0. The van der Waals surface area contributed by atoms with Crippen LogP contribution in [0.5, 0.6) is 0 Å². The second-order valence-corrected chi connectivity index (χ2v) is 6.89. The number of carbonyl (C=O) groups excluding carboxylic acids is 1. The van der Waals surface area contributed by atoms with Gasteiger partial charge in [-0.25, -0.2) is 0 Å². The summed E-state index contributed by atoms with van der Waals surface area (Å²) in [4.78, 5) is 14.2. The van der Waals surface area contributed by atoms with Crippen LogP contribution < -0.4 is 5.32 Å². The predicted octanol–water partition coefficient (Wildman–Crippen LogP) is 3.20. The molecule has 20 heavy (non-hydrogen) atoms. The number of likely N-dealkylation sites (tertiary alicyclic amines) is 1. The van der Waals surface area contributed by atoms with Gasteiger partial charge in [0, 0.05) is 13.1 Å². The van der Waals surface area contributed by atoms with Crippen molar-refractivity contribution in [2.75, 3.05) is 26.2 Å². The van der Waals surface area contributed by atoms with Gasteiger partial charge >= 0.3 is 0 Å². The van der Waals surface area contributed by atoms with Gasteiger partial charge in [-0.2, -0.15) is 0 Å². The Morgan fingerprint density at radius 3 is 2.35 bits per heavy atom. The zero-order chi connectivity index (χ0) is 14.2. The fraction of sp³-hybridized carbons (Fsp3) is 0.941. The molecule has 116 valence electrons. The van der Waals surface area contributed by atoms with Crippen LogP contribution in [0, 0.1) is 11.8 Å². The monoisotopic (exact) mass is 280 g/mol. The molecule has 0 atom stereocenters. The highest BCUT2D eigenvalue weighted by Gasteiger charge is 2.18. The topological polar surface area (TPSA) is 32.3 Å². The molecule has 0 aromatic rings. The van der Waals surface area contributed by atoms with Gasteiger partial charge in [-0.05, 0) is 37.6 Å². The summed E-state index contributed by atoms with van der Waals surface area (Å²) in [5.41, 5.74) is 0. The molecule has 1 aliphatic carbocycles. The molecular formula is C17H32N2O. The van der Waals surface area contributed by atoms with E-state index in [9.17, 15) is 4.79 Å². The number of hydrogen-bond donors (Lipinski definition) is 1. The minimum Gasteiger partial charge on any atom is -0.342 e. The Labute approximate surface area is 124 Å². The lowest BCUT2D eigenvalue weighted by Crippen LogP contribution is -2.39. The van der Waals surface area contributed by atoms with Crippen LogP contribution in [0.3, 0.4) is 0 Å². The Hall–Kier alpha value is -0.570. The van der Waals surface area contributed by atoms with E-state index in [-0.39, 0.29) is 0 Å². The molecule has 2 fully saturated rings. The molecular weight excluding hydrogens is 248 g/mol. The third-order valence-electron chi connectivity index (χ3n) is 5.10. The molecule has 1 heterocycles. The van der Waals surface area contributed by atoms with E-state index in [1.54, 1.807) is 0 Å². The third kappa shape index (κ3) is 5.43. The van der Waals surface area contributed by atoms with Gasteiger partial charge in [-0.15, -0.1) is 0 Å². The lowest BCUT2D eigenvalue weighted by molar-refractivity contribution is -0.130. The van der Waals surface area contributed by atoms with Gasteiger partial charge in [-0.1, -0.05) is 45.4 Å². The number of nitrogens with one attached hydrogen (secondary N) is 1. The van der Waals surface area contributed by atoms with Crippen molar-refractivity contribution in [1.29, 1.82) is 0 Å². The van der Waals surface area contributed by atoms with Crippen LogP contribution in [-0.4, -0.2) is 37.0 Å². The summed E-state index contributed by atoms with van der Waals surface area (Å²) >= 11 is 0. The molecule has 2 aliphatic rings. The first-order valence-electron chi connectivity index (χ1n) is 8.74. The third-order valence-corrected chi connectivity index (χ3v) is 5.10. The zero-order valence-electron chi connectivity index (χ0n) is 13.2. The van der Waals surface area contributed by atoms with Crippen molar-refractivity contribution < 1.29 is 4.79 Å². The van der Waals surface area contributed by atoms with Gasteiger partial charge in [0.15, 0.2) is 0 Å². The Morgan fingerprint density at radius 2 is 1.70 bits per heavy atom. The average molecular weight is 280 g/mol. The lowest BCUT2D eigenvalue weighted by Gasteiger charge is -2.26. The van der Waals surface area contributed by atoms with E-state index < -0.39 is 0 Å². The number of carbonyl (C=O) groups is 1. The molecule has 0 unspecified atom stereocenters. The van der Waals surface area contributed by atoms with E-state index >= 15 is 0 Å². The van der Waals surface area contributed by atoms with Crippen molar-refractivity contribution in [3.8, 4) is 0 Å². The molecule has 0 aromatic heterocycles. The molecule has 3 heteroatoms. The van der Waals surface area contributed by atoms with E-state index in [0.717, 1.165) is 31.5 Å². The molecule has 0 spiro atoms. The summed E-state index contributed by atoms with van der Waals surface area (Å²) in [6, 6.07) is 0. The Bertz CT molecular complexity index is 277. The van der Waals surface area contributed by atoms with Crippen LogP contribution in [0.2, 0.25) is 0 Å². The van der Waals surface area contributed by atoms with Crippen LogP contribution in [0.25, 0.3) is 0 Å². The second-order valence-electron chi connectivity index (χ2n) is 6.89. The standard InChI is InChI=1S/C17H32N2O/c1-15-6-8-16(9-7-15)10-11-18-14-17(20)19-12-4-2-3-5-13-19/h15-16,18H,2-14H2,1H3. The largest absolute Gasteiger partial charge is 0.342 e. The summed E-state index contributed by atoms with van der Waals surface area (Å²) in [7, 11) is 0. The Balaban J connectivity index is 1.54. The van der Waals surface area contributed by atoms with Crippen molar-refractivity contribution in [3.05, 3.63) is 0 Å². The number of amides is 1. The first-order valence-corrected chi connectivity index (χ1v) is 8.74. The van der Waals surface area contributed by atoms with Crippen molar-refractivity contribution >= 4 is 5.91 Å². The molecule has 3 nitrogen and oxygen atoms in total. The molecule has 0 radical (unpaired) electrons. The molecule has 1 amide bonds. The van der Waals surface area contributed by atoms with Crippen molar-refractivity contribution in [1.82, 2.24) is 10.2 Å². The second kappa shape index (κ2) is 8.66. The fourth-order valence-corrected chi connectivity index (χ4v) is 3.55. The molecule has 1 N–H and O–H groups in total. The molecule has 0 aromatic carbocycles. The fourth-order valence-electron chi connectivity index (χ4n) is 3.55. The number of rotatable bonds is 5. The molecule has 1 saturated heterocycles. The number of nitrogens with zero attached hydrogens (tertiary/aromatic N) is 1. The maximum Gasteiger partial charge on any atom is 0.236 e. The molecule has 1 saturated carbocycles. The van der Waals surface area contributed by atoms with E-state index in [0.29, 0.717) is 12.5 Å². The average Bonchev–Trinajstić information content (AvgIpc) is 2.74. The van der Waals surface area contributed by atoms with E-state index in [4.69, 9.17) is 0 Å². The maximum absolute atomic E-state index is 12.1. The van der Waals surface area contributed by atoms with Crippen molar-refractivity contribution in [2.45, 2.75) is 64.7 Å². The van der Waals surface area contributed by atoms with Crippen LogP contribution in [0.1, 0.15) is 64.7 Å². The van der Waals surface area contributed by atoms with E-state index in [1.807, 2.05) is 0 Å². The van der Waals surface area contributed by atoms with Gasteiger partial charge in [0.2, 0.25) is 5.91 Å². The summed E-state index contributed by atoms with van der Waals surface area (Å²) in [5.74, 6) is 2.14. The van der Waals surface area contributed by atoms with E-state index in [2.05, 4.69) is 17.1 Å². The van der Waals surface area contributed by atoms with Crippen LogP contribution in [0.15, 0.2) is 0 Å². The van der Waals surface area contributed by atoms with Crippen LogP contribution in [-0.2, 0) is 4.79 Å². The van der Waals surface area contributed by atoms with Gasteiger partial charge < -0.3 is 10.2 Å².